The number of nitrogens with one attached hydrogen (secondary N) is 1. The van der Waals surface area contributed by atoms with Gasteiger partial charge in [0.15, 0.2) is 11.5 Å². The average Bonchev–Trinajstić information content (AvgIpc) is 2.71. The number of para-hydroxylation sites is 2. The Kier molecular flexibility index (Phi) is 3.39. The minimum absolute atomic E-state index is 0.193. The van der Waals surface area contributed by atoms with Crippen molar-refractivity contribution in [1.82, 2.24) is 0 Å². The summed E-state index contributed by atoms with van der Waals surface area (Å²) in [7, 11) is 0. The number of fused-ring (bicyclic) bond motifs is 1. The SMILES string of the molecule is O=C(c1ccc(O)c(O)c1)N1CCCNc2ccccc21. The van der Waals surface area contributed by atoms with Crippen molar-refractivity contribution in [3.05, 3.63) is 48.0 Å². The van der Waals surface area contributed by atoms with Crippen LogP contribution in [0.15, 0.2) is 42.5 Å². The van der Waals surface area contributed by atoms with Crippen LogP contribution in [0.2, 0.25) is 0 Å². The van der Waals surface area contributed by atoms with Crippen molar-refractivity contribution < 1.29 is 15.0 Å². The van der Waals surface area contributed by atoms with Gasteiger partial charge in [0.05, 0.1) is 11.4 Å². The number of benzene rings is 2. The second-order valence-electron chi connectivity index (χ2n) is 4.96. The smallest absolute Gasteiger partial charge is 0.258 e. The summed E-state index contributed by atoms with van der Waals surface area (Å²) in [6, 6.07) is 11.8. The van der Waals surface area contributed by atoms with Crippen molar-refractivity contribution in [3.8, 4) is 11.5 Å². The number of phenols is 2. The Bertz CT molecular complexity index is 685. The van der Waals surface area contributed by atoms with E-state index >= 15 is 0 Å². The zero-order valence-corrected chi connectivity index (χ0v) is 11.4. The van der Waals surface area contributed by atoms with Crippen LogP contribution in [0.1, 0.15) is 16.8 Å². The molecule has 1 heterocycles. The third-order valence-electron chi connectivity index (χ3n) is 3.54. The quantitative estimate of drug-likeness (QED) is 0.704. The Morgan fingerprint density at radius 3 is 2.71 bits per heavy atom. The molecule has 0 radical (unpaired) electrons. The Morgan fingerprint density at radius 2 is 1.90 bits per heavy atom. The molecule has 0 aromatic heterocycles. The number of carbonyl (C=O) groups is 1. The van der Waals surface area contributed by atoms with Crippen molar-refractivity contribution in [2.75, 3.05) is 23.3 Å². The summed E-state index contributed by atoms with van der Waals surface area (Å²) in [5.74, 6) is -0.715. The fourth-order valence-corrected chi connectivity index (χ4v) is 2.46. The summed E-state index contributed by atoms with van der Waals surface area (Å²) < 4.78 is 0. The van der Waals surface area contributed by atoms with Crippen molar-refractivity contribution in [3.63, 3.8) is 0 Å². The van der Waals surface area contributed by atoms with Gasteiger partial charge < -0.3 is 20.4 Å². The van der Waals surface area contributed by atoms with E-state index in [1.807, 2.05) is 24.3 Å². The topological polar surface area (TPSA) is 72.8 Å². The Hall–Kier alpha value is -2.69. The molecule has 0 bridgehead atoms. The zero-order valence-electron chi connectivity index (χ0n) is 11.4. The largest absolute Gasteiger partial charge is 0.504 e. The van der Waals surface area contributed by atoms with Crippen LogP contribution < -0.4 is 10.2 Å². The van der Waals surface area contributed by atoms with Gasteiger partial charge in [-0.3, -0.25) is 4.79 Å². The van der Waals surface area contributed by atoms with E-state index in [-0.39, 0.29) is 17.4 Å². The Labute approximate surface area is 122 Å². The first-order valence-electron chi connectivity index (χ1n) is 6.83. The lowest BCUT2D eigenvalue weighted by molar-refractivity contribution is 0.0987. The van der Waals surface area contributed by atoms with E-state index < -0.39 is 0 Å². The molecule has 0 aliphatic carbocycles. The predicted molar refractivity (Wildman–Crippen MR) is 81.0 cm³/mol. The van der Waals surface area contributed by atoms with Crippen LogP contribution in [0.5, 0.6) is 11.5 Å². The minimum atomic E-state index is -0.290. The highest BCUT2D eigenvalue weighted by Gasteiger charge is 2.22. The molecule has 1 amide bonds. The monoisotopic (exact) mass is 284 g/mol. The second-order valence-corrected chi connectivity index (χ2v) is 4.96. The lowest BCUT2D eigenvalue weighted by Crippen LogP contribution is -2.31. The van der Waals surface area contributed by atoms with Gasteiger partial charge in [-0.25, -0.2) is 0 Å². The van der Waals surface area contributed by atoms with Crippen LogP contribution in [0.25, 0.3) is 0 Å². The summed E-state index contributed by atoms with van der Waals surface area (Å²) in [5, 5.41) is 22.2. The highest BCUT2D eigenvalue weighted by molar-refractivity contribution is 6.08. The molecule has 1 aliphatic rings. The lowest BCUT2D eigenvalue weighted by atomic mass is 10.1. The van der Waals surface area contributed by atoms with E-state index in [0.717, 1.165) is 24.3 Å². The lowest BCUT2D eigenvalue weighted by Gasteiger charge is -2.22. The molecule has 0 unspecified atom stereocenters. The van der Waals surface area contributed by atoms with Gasteiger partial charge in [-0.15, -0.1) is 0 Å². The normalized spacial score (nSPS) is 14.0. The summed E-state index contributed by atoms with van der Waals surface area (Å²) in [6.07, 6.45) is 0.838. The molecule has 108 valence electrons. The van der Waals surface area contributed by atoms with Crippen molar-refractivity contribution in [1.29, 1.82) is 0 Å². The minimum Gasteiger partial charge on any atom is -0.504 e. The van der Waals surface area contributed by atoms with E-state index in [1.165, 1.54) is 18.2 Å². The molecular formula is C16H16N2O3. The molecule has 3 rings (SSSR count). The van der Waals surface area contributed by atoms with E-state index in [0.29, 0.717) is 12.1 Å². The van der Waals surface area contributed by atoms with E-state index in [1.54, 1.807) is 4.90 Å². The molecule has 2 aromatic carbocycles. The van der Waals surface area contributed by atoms with Crippen LogP contribution in [0.3, 0.4) is 0 Å². The summed E-state index contributed by atoms with van der Waals surface area (Å²) in [6.45, 7) is 1.41. The Balaban J connectivity index is 1.99. The number of anilines is 2. The molecule has 1 aliphatic heterocycles. The number of rotatable bonds is 1. The maximum absolute atomic E-state index is 12.7. The van der Waals surface area contributed by atoms with Crippen molar-refractivity contribution in [2.24, 2.45) is 0 Å². The summed E-state index contributed by atoms with van der Waals surface area (Å²) >= 11 is 0. The molecule has 0 spiro atoms. The van der Waals surface area contributed by atoms with Gasteiger partial charge in [-0.05, 0) is 36.8 Å². The molecule has 21 heavy (non-hydrogen) atoms. The molecule has 3 N–H and O–H groups in total. The maximum atomic E-state index is 12.7. The van der Waals surface area contributed by atoms with Gasteiger partial charge in [-0.1, -0.05) is 12.1 Å². The van der Waals surface area contributed by atoms with Gasteiger partial charge in [0.2, 0.25) is 0 Å². The standard InChI is InChI=1S/C16H16N2O3/c19-14-7-6-11(10-15(14)20)16(21)18-9-3-8-17-12-4-1-2-5-13(12)18/h1-2,4-7,10,17,19-20H,3,8-9H2. The average molecular weight is 284 g/mol. The molecule has 0 saturated carbocycles. The number of hydrogen-bond donors (Lipinski definition) is 3. The van der Waals surface area contributed by atoms with Gasteiger partial charge in [0.25, 0.3) is 5.91 Å². The van der Waals surface area contributed by atoms with Crippen molar-refractivity contribution >= 4 is 17.3 Å². The first-order valence-corrected chi connectivity index (χ1v) is 6.83. The van der Waals surface area contributed by atoms with Crippen LogP contribution in [0.4, 0.5) is 11.4 Å². The molecular weight excluding hydrogens is 268 g/mol. The maximum Gasteiger partial charge on any atom is 0.258 e. The molecule has 0 fully saturated rings. The van der Waals surface area contributed by atoms with Crippen LogP contribution >= 0.6 is 0 Å². The number of carbonyl (C=O) groups excluding carboxylic acids is 1. The van der Waals surface area contributed by atoms with E-state index in [2.05, 4.69) is 5.32 Å². The highest BCUT2D eigenvalue weighted by atomic mass is 16.3. The first-order chi connectivity index (χ1) is 10.2. The third-order valence-corrected chi connectivity index (χ3v) is 3.54. The highest BCUT2D eigenvalue weighted by Crippen LogP contribution is 2.31. The van der Waals surface area contributed by atoms with Crippen LogP contribution in [-0.4, -0.2) is 29.2 Å². The fraction of sp³-hybridized carbons (Fsp3) is 0.188. The molecule has 0 atom stereocenters. The zero-order chi connectivity index (χ0) is 14.8. The second kappa shape index (κ2) is 5.36. The fourth-order valence-electron chi connectivity index (χ4n) is 2.46. The first kappa shape index (κ1) is 13.3. The number of hydrogen-bond acceptors (Lipinski definition) is 4. The molecule has 2 aromatic rings. The number of aromatic hydroxyl groups is 2. The number of phenolic OH excluding ortho intramolecular Hbond substituents is 2. The molecule has 5 heteroatoms. The van der Waals surface area contributed by atoms with Gasteiger partial charge in [0, 0.05) is 18.7 Å². The van der Waals surface area contributed by atoms with Gasteiger partial charge in [-0.2, -0.15) is 0 Å². The number of amides is 1. The van der Waals surface area contributed by atoms with Crippen molar-refractivity contribution in [2.45, 2.75) is 6.42 Å². The van der Waals surface area contributed by atoms with E-state index in [4.69, 9.17) is 0 Å². The van der Waals surface area contributed by atoms with E-state index in [9.17, 15) is 15.0 Å². The summed E-state index contributed by atoms with van der Waals surface area (Å²) in [5.41, 5.74) is 2.10. The Morgan fingerprint density at radius 1 is 1.10 bits per heavy atom. The van der Waals surface area contributed by atoms with Crippen LogP contribution in [-0.2, 0) is 0 Å². The van der Waals surface area contributed by atoms with Crippen LogP contribution in [0, 0.1) is 0 Å². The van der Waals surface area contributed by atoms with Gasteiger partial charge in [0.1, 0.15) is 0 Å². The molecule has 5 nitrogen and oxygen atoms in total. The predicted octanol–water partition coefficient (Wildman–Crippen LogP) is 2.56. The summed E-state index contributed by atoms with van der Waals surface area (Å²) in [4.78, 5) is 14.4. The van der Waals surface area contributed by atoms with Gasteiger partial charge >= 0.3 is 0 Å². The molecule has 0 saturated heterocycles. The number of nitrogens with zero attached hydrogens (tertiary/aromatic N) is 1. The third kappa shape index (κ3) is 2.50.